The molecule has 0 atom stereocenters. The summed E-state index contributed by atoms with van der Waals surface area (Å²) in [6.07, 6.45) is 0.414. The monoisotopic (exact) mass is 211 g/mol. The molecule has 4 nitrogen and oxygen atoms in total. The van der Waals surface area contributed by atoms with Crippen molar-refractivity contribution in [1.82, 2.24) is 0 Å². The van der Waals surface area contributed by atoms with Crippen molar-refractivity contribution in [3.05, 3.63) is 0 Å². The van der Waals surface area contributed by atoms with Gasteiger partial charge in [0.2, 0.25) is 0 Å². The van der Waals surface area contributed by atoms with Crippen molar-refractivity contribution in [2.24, 2.45) is 5.92 Å². The number of esters is 2. The van der Waals surface area contributed by atoms with Gasteiger partial charge < -0.3 is 9.47 Å². The minimum atomic E-state index is -0.764. The van der Waals surface area contributed by atoms with Gasteiger partial charge in [-0.2, -0.15) is 0 Å². The van der Waals surface area contributed by atoms with E-state index in [4.69, 9.17) is 9.47 Å². The van der Waals surface area contributed by atoms with Crippen LogP contribution in [0.3, 0.4) is 0 Å². The number of ether oxygens (including phenoxy) is 2. The molecule has 5 heteroatoms. The zero-order valence-electron chi connectivity index (χ0n) is 9.33. The maximum atomic E-state index is 11.2. The van der Waals surface area contributed by atoms with E-state index in [0.29, 0.717) is 6.42 Å². The smallest absolute Gasteiger partial charge is 0.320 e. The quantitative estimate of drug-likeness (QED) is 0.382. The largest absolute Gasteiger partial charge is 0.465 e. The van der Waals surface area contributed by atoms with Crippen molar-refractivity contribution in [3.63, 3.8) is 0 Å². The maximum Gasteiger partial charge on any atom is 0.320 e. The minimum Gasteiger partial charge on any atom is -0.465 e. The molecule has 77 valence electrons. The van der Waals surface area contributed by atoms with E-state index in [0.717, 1.165) is 0 Å². The Labute approximate surface area is 107 Å². The van der Waals surface area contributed by atoms with Crippen molar-refractivity contribution in [2.75, 3.05) is 13.2 Å². The summed E-state index contributed by atoms with van der Waals surface area (Å²) in [7, 11) is 0. The second-order valence-electron chi connectivity index (χ2n) is 2.46. The second-order valence-corrected chi connectivity index (χ2v) is 2.46. The topological polar surface area (TPSA) is 52.6 Å². The van der Waals surface area contributed by atoms with E-state index >= 15 is 0 Å². The van der Waals surface area contributed by atoms with Crippen molar-refractivity contribution < 1.29 is 19.1 Å². The van der Waals surface area contributed by atoms with E-state index in [9.17, 15) is 9.59 Å². The summed E-state index contributed by atoms with van der Waals surface area (Å²) in [5.74, 6) is -1.76. The van der Waals surface area contributed by atoms with Crippen LogP contribution >= 0.6 is 0 Å². The second kappa shape index (κ2) is 9.49. The first-order chi connectivity index (χ1) is 6.17. The van der Waals surface area contributed by atoms with Gasteiger partial charge >= 0.3 is 11.9 Å². The molecule has 0 bridgehead atoms. The Morgan fingerprint density at radius 3 is 1.57 bits per heavy atom. The standard InChI is InChI=1S/C9H16O4.Na/c1-4-7(8(10)12-5-2)9(11)13-6-3;/h7H,4-6H2,1-3H3;. The maximum absolute atomic E-state index is 11.2. The molecule has 0 unspecified atom stereocenters. The average molecular weight is 211 g/mol. The fourth-order valence-electron chi connectivity index (χ4n) is 0.915. The Hall–Kier alpha value is -0.0600. The Bertz CT molecular complexity index is 164. The van der Waals surface area contributed by atoms with Gasteiger partial charge in [-0.1, -0.05) is 6.92 Å². The fourth-order valence-corrected chi connectivity index (χ4v) is 0.915. The summed E-state index contributed by atoms with van der Waals surface area (Å²) in [5.41, 5.74) is 0. The molecule has 0 saturated carbocycles. The molecule has 0 amide bonds. The van der Waals surface area contributed by atoms with Gasteiger partial charge in [-0.15, -0.1) is 0 Å². The molecule has 0 aromatic heterocycles. The normalized spacial score (nSPS) is 9.14. The summed E-state index contributed by atoms with van der Waals surface area (Å²) in [6, 6.07) is 0. The molecule has 0 spiro atoms. The van der Waals surface area contributed by atoms with Gasteiger partial charge in [-0.3, -0.25) is 9.59 Å². The van der Waals surface area contributed by atoms with Crippen LogP contribution < -0.4 is 0 Å². The van der Waals surface area contributed by atoms with Crippen LogP contribution in [0.5, 0.6) is 0 Å². The number of carbonyl (C=O) groups excluding carboxylic acids is 2. The predicted octanol–water partition coefficient (Wildman–Crippen LogP) is 0.758. The van der Waals surface area contributed by atoms with Crippen molar-refractivity contribution >= 4 is 41.5 Å². The zero-order valence-corrected chi connectivity index (χ0v) is 11.3. The third-order valence-electron chi connectivity index (χ3n) is 1.55. The van der Waals surface area contributed by atoms with Gasteiger partial charge in [0.1, 0.15) is 0 Å². The Morgan fingerprint density at radius 1 is 1.00 bits per heavy atom. The van der Waals surface area contributed by atoms with Crippen LogP contribution in [0.25, 0.3) is 0 Å². The Balaban J connectivity index is 0. The molecular weight excluding hydrogens is 195 g/mol. The molecule has 0 saturated heterocycles. The van der Waals surface area contributed by atoms with Crippen LogP contribution in [0.15, 0.2) is 0 Å². The van der Waals surface area contributed by atoms with E-state index < -0.39 is 17.9 Å². The number of carbonyl (C=O) groups is 2. The van der Waals surface area contributed by atoms with Gasteiger partial charge in [0, 0.05) is 29.6 Å². The number of hydrogen-bond donors (Lipinski definition) is 0. The fraction of sp³-hybridized carbons (Fsp3) is 0.778. The number of rotatable bonds is 5. The average Bonchev–Trinajstić information content (AvgIpc) is 2.06. The van der Waals surface area contributed by atoms with Crippen molar-refractivity contribution in [3.8, 4) is 0 Å². The molecular formula is C9H16NaO4. The SMILES string of the molecule is CCOC(=O)C(CC)C(=O)OCC.[Na]. The summed E-state index contributed by atoms with van der Waals surface area (Å²) in [6.45, 7) is 5.73. The molecule has 0 rings (SSSR count). The third-order valence-corrected chi connectivity index (χ3v) is 1.55. The molecule has 0 aliphatic carbocycles. The molecule has 0 aliphatic heterocycles. The van der Waals surface area contributed by atoms with E-state index in [-0.39, 0.29) is 42.8 Å². The van der Waals surface area contributed by atoms with Crippen LogP contribution in [-0.4, -0.2) is 54.7 Å². The zero-order chi connectivity index (χ0) is 10.3. The molecule has 0 aromatic rings. The molecule has 1 radical (unpaired) electrons. The van der Waals surface area contributed by atoms with E-state index in [1.54, 1.807) is 20.8 Å². The van der Waals surface area contributed by atoms with E-state index in [2.05, 4.69) is 0 Å². The third kappa shape index (κ3) is 5.62. The Kier molecular flexibility index (Phi) is 11.1. The summed E-state index contributed by atoms with van der Waals surface area (Å²) >= 11 is 0. The summed E-state index contributed by atoms with van der Waals surface area (Å²) in [4.78, 5) is 22.3. The van der Waals surface area contributed by atoms with Gasteiger partial charge in [0.25, 0.3) is 0 Å². The molecule has 14 heavy (non-hydrogen) atoms. The van der Waals surface area contributed by atoms with Gasteiger partial charge in [0.05, 0.1) is 13.2 Å². The van der Waals surface area contributed by atoms with Crippen molar-refractivity contribution in [2.45, 2.75) is 27.2 Å². The van der Waals surface area contributed by atoms with Crippen LogP contribution in [-0.2, 0) is 19.1 Å². The van der Waals surface area contributed by atoms with E-state index in [1.165, 1.54) is 0 Å². The summed E-state index contributed by atoms with van der Waals surface area (Å²) in [5, 5.41) is 0. The summed E-state index contributed by atoms with van der Waals surface area (Å²) < 4.78 is 9.45. The van der Waals surface area contributed by atoms with Crippen molar-refractivity contribution in [1.29, 1.82) is 0 Å². The van der Waals surface area contributed by atoms with Gasteiger partial charge in [-0.25, -0.2) is 0 Å². The molecule has 0 N–H and O–H groups in total. The molecule has 0 aliphatic rings. The minimum absolute atomic E-state index is 0. The van der Waals surface area contributed by atoms with E-state index in [1.807, 2.05) is 0 Å². The van der Waals surface area contributed by atoms with Crippen LogP contribution in [0.1, 0.15) is 27.2 Å². The van der Waals surface area contributed by atoms with Gasteiger partial charge in [-0.05, 0) is 20.3 Å². The molecule has 0 aromatic carbocycles. The van der Waals surface area contributed by atoms with Crippen LogP contribution in [0, 0.1) is 5.92 Å². The molecule has 0 heterocycles. The number of hydrogen-bond acceptors (Lipinski definition) is 4. The first-order valence-electron chi connectivity index (χ1n) is 4.50. The first-order valence-corrected chi connectivity index (χ1v) is 4.50. The van der Waals surface area contributed by atoms with Crippen LogP contribution in [0.4, 0.5) is 0 Å². The van der Waals surface area contributed by atoms with Crippen LogP contribution in [0.2, 0.25) is 0 Å². The predicted molar refractivity (Wildman–Crippen MR) is 52.8 cm³/mol. The molecule has 0 fully saturated rings. The first kappa shape index (κ1) is 16.4. The Morgan fingerprint density at radius 2 is 1.36 bits per heavy atom. The van der Waals surface area contributed by atoms with Gasteiger partial charge in [0.15, 0.2) is 5.92 Å².